The summed E-state index contributed by atoms with van der Waals surface area (Å²) in [5.41, 5.74) is 0. The molecule has 0 radical (unpaired) electrons. The summed E-state index contributed by atoms with van der Waals surface area (Å²) in [5.74, 6) is -0.749. The van der Waals surface area contributed by atoms with E-state index in [0.29, 0.717) is 0 Å². The second-order valence-corrected chi connectivity index (χ2v) is 3.60. The standard InChI is InChI=1S/C9H20O2.C2H4O2/c1-3-5-6-7-8(4-2)9(10)11;1-2(3)4/h8-11H,3-7H2,1-2H3;1H3,(H,3,4). The number of aliphatic hydroxyl groups is 2. The van der Waals surface area contributed by atoms with E-state index in [9.17, 15) is 0 Å². The first kappa shape index (κ1) is 16.8. The van der Waals surface area contributed by atoms with Crippen LogP contribution in [-0.4, -0.2) is 27.6 Å². The molecule has 0 saturated heterocycles. The van der Waals surface area contributed by atoms with Crippen LogP contribution in [0.4, 0.5) is 0 Å². The molecule has 0 aliphatic rings. The van der Waals surface area contributed by atoms with Gasteiger partial charge in [0.25, 0.3) is 5.97 Å². The molecule has 0 saturated carbocycles. The van der Waals surface area contributed by atoms with Gasteiger partial charge in [-0.1, -0.05) is 33.1 Å². The molecule has 1 unspecified atom stereocenters. The van der Waals surface area contributed by atoms with Crippen molar-refractivity contribution >= 4 is 5.97 Å². The van der Waals surface area contributed by atoms with Gasteiger partial charge in [-0.25, -0.2) is 0 Å². The van der Waals surface area contributed by atoms with Crippen molar-refractivity contribution in [1.82, 2.24) is 0 Å². The van der Waals surface area contributed by atoms with Gasteiger partial charge in [-0.2, -0.15) is 0 Å². The predicted octanol–water partition coefficient (Wildman–Crippen LogP) is 1.99. The minimum Gasteiger partial charge on any atom is -0.481 e. The Labute approximate surface area is 91.9 Å². The molecule has 4 nitrogen and oxygen atoms in total. The lowest BCUT2D eigenvalue weighted by Gasteiger charge is -2.15. The average Bonchev–Trinajstić information content (AvgIpc) is 2.11. The molecule has 4 heteroatoms. The number of unbranched alkanes of at least 4 members (excludes halogenated alkanes) is 2. The van der Waals surface area contributed by atoms with Gasteiger partial charge in [0.2, 0.25) is 0 Å². The van der Waals surface area contributed by atoms with Crippen molar-refractivity contribution in [2.45, 2.75) is 59.2 Å². The third-order valence-electron chi connectivity index (χ3n) is 2.12. The number of rotatable bonds is 6. The van der Waals surface area contributed by atoms with Gasteiger partial charge >= 0.3 is 0 Å². The first-order valence-corrected chi connectivity index (χ1v) is 5.51. The zero-order valence-corrected chi connectivity index (χ0v) is 9.94. The van der Waals surface area contributed by atoms with Crippen molar-refractivity contribution in [3.63, 3.8) is 0 Å². The Hall–Kier alpha value is -0.610. The predicted molar refractivity (Wildman–Crippen MR) is 59.5 cm³/mol. The molecule has 0 amide bonds. The molecule has 0 spiro atoms. The zero-order chi connectivity index (χ0) is 12.3. The number of hydrogen-bond donors (Lipinski definition) is 3. The van der Waals surface area contributed by atoms with Crippen molar-refractivity contribution in [2.24, 2.45) is 5.92 Å². The molecule has 0 aromatic carbocycles. The normalized spacial score (nSPS) is 11.9. The lowest BCUT2D eigenvalue weighted by atomic mass is 9.98. The SMILES string of the molecule is CC(=O)O.CCCCCC(CC)C(O)O. The van der Waals surface area contributed by atoms with Crippen molar-refractivity contribution in [1.29, 1.82) is 0 Å². The molecule has 0 fully saturated rings. The molecule has 0 aliphatic carbocycles. The maximum absolute atomic E-state index is 9.00. The molecule has 92 valence electrons. The highest BCUT2D eigenvalue weighted by atomic mass is 16.5. The van der Waals surface area contributed by atoms with E-state index < -0.39 is 12.3 Å². The number of aliphatic carboxylic acids is 1. The summed E-state index contributed by atoms with van der Waals surface area (Å²) in [4.78, 5) is 9.00. The molecule has 0 heterocycles. The Bertz CT molecular complexity index is 142. The van der Waals surface area contributed by atoms with E-state index in [-0.39, 0.29) is 5.92 Å². The van der Waals surface area contributed by atoms with Crippen LogP contribution in [0.1, 0.15) is 52.9 Å². The van der Waals surface area contributed by atoms with Crippen molar-refractivity contribution in [3.05, 3.63) is 0 Å². The van der Waals surface area contributed by atoms with Crippen molar-refractivity contribution in [3.8, 4) is 0 Å². The molecule has 0 bridgehead atoms. The smallest absolute Gasteiger partial charge is 0.300 e. The van der Waals surface area contributed by atoms with Crippen LogP contribution in [0.15, 0.2) is 0 Å². The largest absolute Gasteiger partial charge is 0.481 e. The number of carboxylic acid groups (broad SMARTS) is 1. The maximum Gasteiger partial charge on any atom is 0.300 e. The van der Waals surface area contributed by atoms with E-state index in [1.807, 2.05) is 6.92 Å². The minimum absolute atomic E-state index is 0.0848. The van der Waals surface area contributed by atoms with Gasteiger partial charge in [-0.3, -0.25) is 4.79 Å². The molecule has 1 atom stereocenters. The van der Waals surface area contributed by atoms with Crippen LogP contribution < -0.4 is 0 Å². The number of aliphatic hydroxyl groups excluding tert-OH is 1. The van der Waals surface area contributed by atoms with Gasteiger partial charge in [0, 0.05) is 12.8 Å². The highest BCUT2D eigenvalue weighted by molar-refractivity contribution is 5.62. The second-order valence-electron chi connectivity index (χ2n) is 3.60. The maximum atomic E-state index is 9.00. The fourth-order valence-electron chi connectivity index (χ4n) is 1.22. The van der Waals surface area contributed by atoms with Gasteiger partial charge in [-0.15, -0.1) is 0 Å². The van der Waals surface area contributed by atoms with E-state index in [1.165, 1.54) is 12.8 Å². The molecule has 0 aliphatic heterocycles. The summed E-state index contributed by atoms with van der Waals surface area (Å²) < 4.78 is 0. The number of hydrogen-bond acceptors (Lipinski definition) is 3. The quantitative estimate of drug-likeness (QED) is 0.472. The van der Waals surface area contributed by atoms with E-state index in [2.05, 4.69) is 6.92 Å². The highest BCUT2D eigenvalue weighted by Crippen LogP contribution is 2.15. The molecule has 0 rings (SSSR count). The van der Waals surface area contributed by atoms with Crippen molar-refractivity contribution < 1.29 is 20.1 Å². The topological polar surface area (TPSA) is 77.8 Å². The highest BCUT2D eigenvalue weighted by Gasteiger charge is 2.12. The van der Waals surface area contributed by atoms with Gasteiger partial charge in [-0.05, 0) is 12.8 Å². The Morgan fingerprint density at radius 2 is 1.67 bits per heavy atom. The van der Waals surface area contributed by atoms with Crippen LogP contribution in [0, 0.1) is 5.92 Å². The Kier molecular flexibility index (Phi) is 12.8. The first-order valence-electron chi connectivity index (χ1n) is 5.51. The van der Waals surface area contributed by atoms with E-state index in [1.54, 1.807) is 0 Å². The molecule has 0 aromatic rings. The lowest BCUT2D eigenvalue weighted by molar-refractivity contribution is -0.134. The summed E-state index contributed by atoms with van der Waals surface area (Å²) in [6, 6.07) is 0. The summed E-state index contributed by atoms with van der Waals surface area (Å²) in [7, 11) is 0. The van der Waals surface area contributed by atoms with E-state index in [0.717, 1.165) is 26.2 Å². The summed E-state index contributed by atoms with van der Waals surface area (Å²) in [6.07, 6.45) is 4.20. The van der Waals surface area contributed by atoms with E-state index >= 15 is 0 Å². The van der Waals surface area contributed by atoms with Gasteiger partial charge in [0.1, 0.15) is 0 Å². The lowest BCUT2D eigenvalue weighted by Crippen LogP contribution is -2.18. The third-order valence-corrected chi connectivity index (χ3v) is 2.12. The Morgan fingerprint density at radius 1 is 1.20 bits per heavy atom. The van der Waals surface area contributed by atoms with Crippen molar-refractivity contribution in [2.75, 3.05) is 0 Å². The number of carboxylic acids is 1. The number of carbonyl (C=O) groups is 1. The summed E-state index contributed by atoms with van der Waals surface area (Å²) in [6.45, 7) is 5.23. The monoisotopic (exact) mass is 220 g/mol. The Morgan fingerprint density at radius 3 is 1.93 bits per heavy atom. The average molecular weight is 220 g/mol. The van der Waals surface area contributed by atoms with Crippen LogP contribution in [-0.2, 0) is 4.79 Å². The van der Waals surface area contributed by atoms with E-state index in [4.69, 9.17) is 20.1 Å². The van der Waals surface area contributed by atoms with Crippen LogP contribution in [0.2, 0.25) is 0 Å². The molecule has 0 aromatic heterocycles. The van der Waals surface area contributed by atoms with Gasteiger partial charge in [0.05, 0.1) is 0 Å². The Balaban J connectivity index is 0. The van der Waals surface area contributed by atoms with Crippen LogP contribution in [0.25, 0.3) is 0 Å². The summed E-state index contributed by atoms with van der Waals surface area (Å²) >= 11 is 0. The second kappa shape index (κ2) is 11.5. The van der Waals surface area contributed by atoms with Gasteiger partial charge in [0.15, 0.2) is 6.29 Å². The summed E-state index contributed by atoms with van der Waals surface area (Å²) in [5, 5.41) is 25.2. The fourth-order valence-corrected chi connectivity index (χ4v) is 1.22. The first-order chi connectivity index (χ1) is 6.95. The minimum atomic E-state index is -1.11. The third kappa shape index (κ3) is 16.1. The van der Waals surface area contributed by atoms with Gasteiger partial charge < -0.3 is 15.3 Å². The molecular weight excluding hydrogens is 196 g/mol. The van der Waals surface area contributed by atoms with Crippen LogP contribution >= 0.6 is 0 Å². The zero-order valence-electron chi connectivity index (χ0n) is 9.94. The van der Waals surface area contributed by atoms with Crippen LogP contribution in [0.5, 0.6) is 0 Å². The molecular formula is C11H24O4. The fraction of sp³-hybridized carbons (Fsp3) is 0.909. The van der Waals surface area contributed by atoms with Crippen LogP contribution in [0.3, 0.4) is 0 Å². The molecule has 15 heavy (non-hydrogen) atoms. The molecule has 3 N–H and O–H groups in total.